The molecule has 17 rings (SSSR count). The third-order valence-corrected chi connectivity index (χ3v) is 23.7. The van der Waals surface area contributed by atoms with Crippen LogP contribution in [0.5, 0.6) is 0 Å². The molecule has 0 saturated carbocycles. The number of pyridine rings is 3. The number of unbranched alkanes of at least 4 members (excludes halogenated alkanes) is 3. The van der Waals surface area contributed by atoms with Gasteiger partial charge >= 0.3 is 26.2 Å². The Bertz CT molecular complexity index is 6630. The number of hydrogen-bond acceptors (Lipinski definition) is 22. The van der Waals surface area contributed by atoms with Crippen molar-refractivity contribution in [3.63, 3.8) is 0 Å². The zero-order chi connectivity index (χ0) is 94.8. The highest BCUT2D eigenvalue weighted by Gasteiger charge is 2.52. The quantitative estimate of drug-likeness (QED) is 0.0148. The lowest BCUT2D eigenvalue weighted by Gasteiger charge is -2.32. The molecule has 3 aliphatic rings. The van der Waals surface area contributed by atoms with Crippen molar-refractivity contribution >= 4 is 156 Å². The van der Waals surface area contributed by atoms with Crippen molar-refractivity contribution in [1.29, 1.82) is 0 Å². The van der Waals surface area contributed by atoms with Gasteiger partial charge in [0, 0.05) is 124 Å². The summed E-state index contributed by atoms with van der Waals surface area (Å²) in [7, 11) is -2.00. The van der Waals surface area contributed by atoms with Crippen molar-refractivity contribution < 1.29 is 67.9 Å². The summed E-state index contributed by atoms with van der Waals surface area (Å²) < 4.78 is 18.6. The fraction of sp³-hybridized carbons (Fsp3) is 0.280. The van der Waals surface area contributed by atoms with E-state index in [9.17, 15) is 48.4 Å². The second-order valence-electron chi connectivity index (χ2n) is 33.6. The van der Waals surface area contributed by atoms with Crippen molar-refractivity contribution in [1.82, 2.24) is 64.0 Å². The first-order valence-electron chi connectivity index (χ1n) is 44.5. The number of nitrogens with two attached hydrogens (primary N) is 4. The number of imidazole rings is 3. The third kappa shape index (κ3) is 23.2. The summed E-state index contributed by atoms with van der Waals surface area (Å²) in [5, 5.41) is 44.5. The molecular formula is C100H109B2N17O14. The van der Waals surface area contributed by atoms with Gasteiger partial charge in [0.05, 0.1) is 56.3 Å². The Labute approximate surface area is 769 Å². The van der Waals surface area contributed by atoms with Gasteiger partial charge in [-0.15, -0.1) is 0 Å². The average Bonchev–Trinajstić information content (AvgIpc) is 1.59. The number of para-hydroxylation sites is 3. The van der Waals surface area contributed by atoms with E-state index in [1.807, 2.05) is 107 Å². The lowest BCUT2D eigenvalue weighted by atomic mass is 9.79. The number of carboxylic acid groups (broad SMARTS) is 2. The average molecular weight is 1790 g/mol. The number of aryl methyl sites for hydroxylation is 3. The molecule has 1 saturated heterocycles. The van der Waals surface area contributed by atoms with Gasteiger partial charge in [-0.2, -0.15) is 0 Å². The van der Waals surface area contributed by atoms with Gasteiger partial charge in [0.1, 0.15) is 34.0 Å². The van der Waals surface area contributed by atoms with Crippen molar-refractivity contribution in [3.05, 3.63) is 280 Å². The predicted octanol–water partition coefficient (Wildman–Crippen LogP) is 11.7. The summed E-state index contributed by atoms with van der Waals surface area (Å²) in [5.74, 6) is 0.402. The van der Waals surface area contributed by atoms with E-state index in [1.165, 1.54) is 29.8 Å². The fourth-order valence-electron chi connectivity index (χ4n) is 15.5. The molecule has 1 fully saturated rings. The lowest BCUT2D eigenvalue weighted by Crippen LogP contribution is -2.41. The summed E-state index contributed by atoms with van der Waals surface area (Å²) in [6, 6.07) is 61.6. The van der Waals surface area contributed by atoms with Gasteiger partial charge in [0.25, 0.3) is 29.5 Å². The number of benzene rings is 8. The predicted molar refractivity (Wildman–Crippen MR) is 516 cm³/mol. The molecule has 8 aromatic carbocycles. The molecule has 684 valence electrons. The Balaban J connectivity index is 0.000000148. The van der Waals surface area contributed by atoms with Gasteiger partial charge in [0.15, 0.2) is 17.5 Å². The number of carboxylic acids is 2. The number of carbonyl (C=O) groups excluding carboxylic acids is 6. The van der Waals surface area contributed by atoms with Gasteiger partial charge in [-0.25, -0.2) is 34.7 Å². The highest BCUT2D eigenvalue weighted by Crippen LogP contribution is 2.38. The molecule has 0 spiro atoms. The van der Waals surface area contributed by atoms with Gasteiger partial charge in [-0.05, 0) is 134 Å². The zero-order valence-electron chi connectivity index (χ0n) is 75.5. The van der Waals surface area contributed by atoms with Crippen molar-refractivity contribution in [2.75, 3.05) is 30.3 Å². The molecule has 31 nitrogen and oxygen atoms in total. The van der Waals surface area contributed by atoms with Crippen LogP contribution in [0.25, 0.3) is 65.8 Å². The smallest absolute Gasteiger partial charge is 0.481 e. The molecule has 133 heavy (non-hydrogen) atoms. The molecule has 0 atom stereocenters. The van der Waals surface area contributed by atoms with E-state index in [4.69, 9.17) is 57.4 Å². The normalized spacial score (nSPS) is 13.6. The number of carbonyl (C=O) groups is 8. The Morgan fingerprint density at radius 1 is 0.429 bits per heavy atom. The number of hydrogen-bond donors (Lipinski definition) is 10. The number of nitrogens with one attached hydrogen (secondary N) is 2. The SMILES string of the molecule is CC1(C)OB(c2ccc(C(=O)O)cc2)OC1(C)C.CCCCc1nc2c(N)nc3ccccc3c2n1Cc1ccc(CN)cc1.CCCCc1nc2c(N)nc3ccccc3c2n1Cc1ccc(CNC(=O)CCN2C(=O)C=CC2=O)cc1.CCCCc1nc2c(N)nc3ccccc3c2n1Cc1ccc(CNC(=O)c2ccc(B(O)O)cc2)cc1.O=C(O)CCN1C(=O)C=CC1=O. The minimum absolute atomic E-state index is 0.0556. The van der Waals surface area contributed by atoms with Crippen LogP contribution in [0.4, 0.5) is 17.5 Å². The number of nitrogens with zero attached hydrogens (tertiary/aromatic N) is 11. The molecule has 6 amide bonds. The van der Waals surface area contributed by atoms with Crippen LogP contribution in [0.3, 0.4) is 0 Å². The van der Waals surface area contributed by atoms with Gasteiger partial charge in [-0.3, -0.25) is 43.4 Å². The van der Waals surface area contributed by atoms with E-state index in [1.54, 1.807) is 36.4 Å². The molecule has 14 aromatic rings. The Kier molecular flexibility index (Phi) is 31.3. The van der Waals surface area contributed by atoms with Crippen molar-refractivity contribution in [2.45, 2.75) is 170 Å². The maximum atomic E-state index is 12.5. The van der Waals surface area contributed by atoms with E-state index >= 15 is 0 Å². The van der Waals surface area contributed by atoms with Crippen LogP contribution in [0, 0.1) is 0 Å². The van der Waals surface area contributed by atoms with E-state index in [0.717, 1.165) is 203 Å². The Hall–Kier alpha value is -14.6. The van der Waals surface area contributed by atoms with E-state index < -0.39 is 38.0 Å². The first kappa shape index (κ1) is 95.9. The number of aromatic carboxylic acids is 1. The Morgan fingerprint density at radius 2 is 0.767 bits per heavy atom. The zero-order valence-corrected chi connectivity index (χ0v) is 75.5. The van der Waals surface area contributed by atoms with Crippen molar-refractivity contribution in [3.8, 4) is 0 Å². The minimum Gasteiger partial charge on any atom is -0.481 e. The molecular weight excluding hydrogens is 1680 g/mol. The molecule has 0 radical (unpaired) electrons. The first-order chi connectivity index (χ1) is 63.9. The van der Waals surface area contributed by atoms with Crippen LogP contribution in [-0.4, -0.2) is 160 Å². The Morgan fingerprint density at radius 3 is 1.11 bits per heavy atom. The van der Waals surface area contributed by atoms with Gasteiger partial charge in [0.2, 0.25) is 5.91 Å². The van der Waals surface area contributed by atoms with Crippen LogP contribution in [-0.2, 0) is 96.6 Å². The molecule has 9 heterocycles. The monoisotopic (exact) mass is 1790 g/mol. The molecule has 3 aliphatic heterocycles. The molecule has 0 aliphatic carbocycles. The van der Waals surface area contributed by atoms with E-state index in [2.05, 4.69) is 127 Å². The molecule has 33 heteroatoms. The maximum Gasteiger partial charge on any atom is 0.494 e. The van der Waals surface area contributed by atoms with Crippen LogP contribution >= 0.6 is 0 Å². The van der Waals surface area contributed by atoms with E-state index in [-0.39, 0.29) is 66.3 Å². The number of nitrogen functional groups attached to an aromatic ring is 3. The van der Waals surface area contributed by atoms with Crippen molar-refractivity contribution in [2.24, 2.45) is 5.73 Å². The lowest BCUT2D eigenvalue weighted by molar-refractivity contribution is -0.141. The number of fused-ring (bicyclic) bond motifs is 9. The fourth-order valence-corrected chi connectivity index (χ4v) is 15.5. The maximum absolute atomic E-state index is 12.5. The number of rotatable bonds is 30. The minimum atomic E-state index is -1.55. The number of amides is 6. The standard InChI is InChI=1S/C29H30BN5O3.C29H30N6O3.C22H25N5.C13H17BO4.C7H7NO4/c1-2-3-8-25-34-26-27(23-6-4-5-7-24(23)33-28(26)31)35(25)18-20-11-9-19(10-12-20)17-32-29(36)21-13-15-22(16-14-21)30(37)38;1-2-3-8-23-33-27-28(21-6-4-5-7-22(21)32-29(27)30)35(23)18-20-11-9-19(10-12-20)17-31-24(36)15-16-34-25(37)13-14-26(34)38;1-2-3-8-19-26-20-21(17-6-4-5-7-18(17)25-22(20)24)27(19)14-16-11-9-15(13-23)10-12-16;1-12(2)13(3,4)18-14(17-12)10-7-5-9(6-8-10)11(15)16;9-5-1-2-6(10)8(5)4-3-7(11)12/h4-7,9-16,37-38H,2-3,8,17-18H2,1H3,(H2,31,33)(H,32,36);4-7,9-14H,2-3,8,15-18H2,1H3,(H2,30,32)(H,31,36);4-7,9-12H,2-3,8,13-14,23H2,1H3,(H2,24,25);5-8H,1-4H3,(H,15,16);1-2H,3-4H2,(H,11,12). The summed E-state index contributed by atoms with van der Waals surface area (Å²) in [4.78, 5) is 121. The molecule has 14 N–H and O–H groups in total. The highest BCUT2D eigenvalue weighted by molar-refractivity contribution is 6.62. The third-order valence-electron chi connectivity index (χ3n) is 23.7. The second kappa shape index (κ2) is 43.4. The highest BCUT2D eigenvalue weighted by atomic mass is 16.7. The molecule has 6 aromatic heterocycles. The summed E-state index contributed by atoms with van der Waals surface area (Å²) >= 11 is 0. The number of imide groups is 2. The van der Waals surface area contributed by atoms with Gasteiger partial charge in [-0.1, -0.05) is 192 Å². The molecule has 0 bridgehead atoms. The summed E-state index contributed by atoms with van der Waals surface area (Å²) in [6.45, 7) is 17.8. The summed E-state index contributed by atoms with van der Waals surface area (Å²) in [5.41, 5.74) is 40.3. The first-order valence-corrected chi connectivity index (χ1v) is 44.5. The number of aliphatic carboxylic acids is 1. The molecule has 0 unspecified atom stereocenters. The van der Waals surface area contributed by atoms with Gasteiger partial charge < -0.3 is 76.8 Å². The number of anilines is 3. The van der Waals surface area contributed by atoms with E-state index in [0.29, 0.717) is 61.2 Å². The topological polar surface area (TPSA) is 463 Å². The largest absolute Gasteiger partial charge is 0.494 e. The number of aromatic nitrogens is 9. The van der Waals surface area contributed by atoms with Crippen LogP contribution in [0.2, 0.25) is 0 Å². The van der Waals surface area contributed by atoms with Crippen LogP contribution in [0.15, 0.2) is 218 Å². The van der Waals surface area contributed by atoms with Crippen LogP contribution < -0.4 is 44.5 Å². The van der Waals surface area contributed by atoms with Crippen LogP contribution in [0.1, 0.15) is 171 Å². The summed E-state index contributed by atoms with van der Waals surface area (Å²) in [6.07, 6.45) is 13.6. The second-order valence-corrected chi connectivity index (χ2v) is 33.6.